The van der Waals surface area contributed by atoms with E-state index < -0.39 is 17.7 Å². The van der Waals surface area contributed by atoms with E-state index in [2.05, 4.69) is 37.1 Å². The lowest BCUT2D eigenvalue weighted by molar-refractivity contribution is -0.252. The van der Waals surface area contributed by atoms with Crippen molar-refractivity contribution in [3.8, 4) is 17.2 Å². The number of oxime groups is 1. The SMILES string of the molecule is C=CCOC12Oc3ccc(Oc4ccc(SC)cc4)cc3C3C(CCCCO)C(CCCCO)C=C(C(=NOCc4ccccc4)CC1N(C)C(=O)c1ccc4ccccc4c1)C32. The number of unbranched alkanes of at least 4 members (excludes halogenated alkanes) is 2. The zero-order valence-electron chi connectivity index (χ0n) is 36.2. The molecule has 5 aromatic rings. The number of benzene rings is 5. The number of hydrogen-bond donors (Lipinski definition) is 2. The smallest absolute Gasteiger partial charge is 0.254 e. The Morgan fingerprint density at radius 1 is 0.889 bits per heavy atom. The molecule has 0 aromatic heterocycles. The Hall–Kier alpha value is -5.39. The molecule has 1 heterocycles. The molecule has 9 nitrogen and oxygen atoms in total. The van der Waals surface area contributed by atoms with Gasteiger partial charge in [-0.05, 0) is 120 Å². The third kappa shape index (κ3) is 9.46. The first kappa shape index (κ1) is 44.2. The van der Waals surface area contributed by atoms with Gasteiger partial charge in [0.1, 0.15) is 29.9 Å². The number of nitrogens with zero attached hydrogens (tertiary/aromatic N) is 2. The van der Waals surface area contributed by atoms with Gasteiger partial charge in [-0.2, -0.15) is 0 Å². The fraction of sp³-hybridized carbons (Fsp3) is 0.358. The average molecular weight is 867 g/mol. The van der Waals surface area contributed by atoms with E-state index in [1.54, 1.807) is 22.7 Å². The standard InChI is InChI=1S/C53H58N2O7S/c1-4-30-59-53-49(55(2)52(58)40-21-20-37-16-8-9-17-38(37)31-40)34-47(54-60-35-36-14-6-5-7-15-36)45-32-39(18-10-12-28-56)44(19-11-13-29-57)50(51(45)53)46-33-42(24-27-48(46)62-53)61-41-22-25-43(63-3)26-23-41/h4-9,14-17,20-27,31-33,39,44,49-51,56-57H,1,10-13,18-19,28-30,34-35H2,2-3H3. The second kappa shape index (κ2) is 20.4. The summed E-state index contributed by atoms with van der Waals surface area (Å²) in [4.78, 5) is 24.1. The maximum absolute atomic E-state index is 14.9. The van der Waals surface area contributed by atoms with Crippen LogP contribution in [0.5, 0.6) is 17.2 Å². The Labute approximate surface area is 375 Å². The van der Waals surface area contributed by atoms with Crippen LogP contribution in [0.25, 0.3) is 10.8 Å². The molecule has 2 aliphatic carbocycles. The molecule has 8 rings (SSSR count). The Morgan fingerprint density at radius 3 is 2.37 bits per heavy atom. The number of thioether (sulfide) groups is 1. The van der Waals surface area contributed by atoms with Gasteiger partial charge in [0.25, 0.3) is 5.91 Å². The maximum Gasteiger partial charge on any atom is 0.254 e. The first-order chi connectivity index (χ1) is 30.9. The summed E-state index contributed by atoms with van der Waals surface area (Å²) in [5, 5.41) is 26.9. The van der Waals surface area contributed by atoms with Crippen molar-refractivity contribution in [1.29, 1.82) is 0 Å². The van der Waals surface area contributed by atoms with E-state index in [4.69, 9.17) is 24.2 Å². The highest BCUT2D eigenvalue weighted by Gasteiger charge is 2.65. The van der Waals surface area contributed by atoms with E-state index in [1.165, 1.54) is 0 Å². The van der Waals surface area contributed by atoms with Crippen LogP contribution in [0.2, 0.25) is 0 Å². The normalized spacial score (nSPS) is 23.0. The largest absolute Gasteiger partial charge is 0.459 e. The van der Waals surface area contributed by atoms with Crippen LogP contribution in [0, 0.1) is 17.8 Å². The number of amides is 1. The summed E-state index contributed by atoms with van der Waals surface area (Å²) in [6.07, 6.45) is 11.2. The third-order valence-electron chi connectivity index (χ3n) is 13.0. The van der Waals surface area contributed by atoms with Crippen molar-refractivity contribution in [3.05, 3.63) is 156 Å². The quantitative estimate of drug-likeness (QED) is 0.0365. The van der Waals surface area contributed by atoms with Crippen molar-refractivity contribution in [2.75, 3.05) is 33.1 Å². The summed E-state index contributed by atoms with van der Waals surface area (Å²) in [6.45, 7) is 4.75. The molecule has 6 atom stereocenters. The number of ether oxygens (including phenoxy) is 3. The topological polar surface area (TPSA) is 110 Å². The molecular weight excluding hydrogens is 809 g/mol. The summed E-state index contributed by atoms with van der Waals surface area (Å²) in [7, 11) is 1.84. The summed E-state index contributed by atoms with van der Waals surface area (Å²) < 4.78 is 21.0. The molecule has 3 aliphatic rings. The van der Waals surface area contributed by atoms with E-state index in [1.807, 2.05) is 104 Å². The van der Waals surface area contributed by atoms with Gasteiger partial charge < -0.3 is 34.2 Å². The van der Waals surface area contributed by atoms with Gasteiger partial charge in [-0.25, -0.2) is 0 Å². The molecule has 0 spiro atoms. The highest BCUT2D eigenvalue weighted by molar-refractivity contribution is 7.98. The van der Waals surface area contributed by atoms with E-state index in [0.29, 0.717) is 36.3 Å². The molecule has 63 heavy (non-hydrogen) atoms. The van der Waals surface area contributed by atoms with Gasteiger partial charge in [0, 0.05) is 48.6 Å². The number of aliphatic hydroxyl groups is 2. The molecule has 1 amide bonds. The second-order valence-corrected chi connectivity index (χ2v) is 17.7. The number of likely N-dealkylation sites (N-methyl/N-ethyl adjacent to an activating group) is 1. The fourth-order valence-electron chi connectivity index (χ4n) is 10.00. The third-order valence-corrected chi connectivity index (χ3v) is 13.7. The lowest BCUT2D eigenvalue weighted by Gasteiger charge is -2.59. The number of rotatable bonds is 19. The average Bonchev–Trinajstić information content (AvgIpc) is 3.32. The summed E-state index contributed by atoms with van der Waals surface area (Å²) in [5.41, 5.74) is 4.28. The zero-order chi connectivity index (χ0) is 43.8. The number of carbonyl (C=O) groups is 1. The predicted octanol–water partition coefficient (Wildman–Crippen LogP) is 11.0. The molecule has 1 saturated carbocycles. The van der Waals surface area contributed by atoms with E-state index >= 15 is 0 Å². The van der Waals surface area contributed by atoms with Crippen LogP contribution in [0.15, 0.2) is 150 Å². The minimum atomic E-state index is -1.36. The number of carbonyl (C=O) groups excluding carboxylic acids is 1. The van der Waals surface area contributed by atoms with Crippen molar-refractivity contribution in [2.24, 2.45) is 22.9 Å². The van der Waals surface area contributed by atoms with Gasteiger partial charge in [-0.15, -0.1) is 18.3 Å². The van der Waals surface area contributed by atoms with Crippen molar-refractivity contribution in [2.45, 2.75) is 74.2 Å². The lowest BCUT2D eigenvalue weighted by Crippen LogP contribution is -2.69. The monoisotopic (exact) mass is 866 g/mol. The van der Waals surface area contributed by atoms with Gasteiger partial charge in [0.15, 0.2) is 0 Å². The number of fused-ring (bicyclic) bond motifs is 3. The van der Waals surface area contributed by atoms with Crippen LogP contribution in [0.4, 0.5) is 0 Å². The highest BCUT2D eigenvalue weighted by atomic mass is 32.2. The van der Waals surface area contributed by atoms with Gasteiger partial charge in [0.05, 0.1) is 18.2 Å². The molecule has 6 unspecified atom stereocenters. The number of hydrogen-bond acceptors (Lipinski definition) is 9. The van der Waals surface area contributed by atoms with Gasteiger partial charge in [-0.1, -0.05) is 90.8 Å². The molecule has 0 saturated heterocycles. The van der Waals surface area contributed by atoms with Crippen LogP contribution in [0.3, 0.4) is 0 Å². The second-order valence-electron chi connectivity index (χ2n) is 16.8. The number of allylic oxidation sites excluding steroid dienone is 1. The van der Waals surface area contributed by atoms with Gasteiger partial charge >= 0.3 is 0 Å². The Bertz CT molecular complexity index is 2420. The Morgan fingerprint density at radius 2 is 1.62 bits per heavy atom. The first-order valence-electron chi connectivity index (χ1n) is 22.2. The molecule has 0 radical (unpaired) electrons. The molecule has 5 aromatic carbocycles. The van der Waals surface area contributed by atoms with E-state index in [0.717, 1.165) is 69.5 Å². The van der Waals surface area contributed by atoms with Gasteiger partial charge in [0.2, 0.25) is 5.79 Å². The minimum Gasteiger partial charge on any atom is -0.459 e. The highest BCUT2D eigenvalue weighted by Crippen LogP contribution is 2.62. The van der Waals surface area contributed by atoms with Crippen LogP contribution >= 0.6 is 11.8 Å². The van der Waals surface area contributed by atoms with Crippen molar-refractivity contribution < 1.29 is 34.1 Å². The molecular formula is C53H58N2O7S. The van der Waals surface area contributed by atoms with E-state index in [9.17, 15) is 15.0 Å². The number of aliphatic hydroxyl groups excluding tert-OH is 2. The fourth-order valence-corrected chi connectivity index (χ4v) is 10.4. The molecule has 328 valence electrons. The lowest BCUT2D eigenvalue weighted by atomic mass is 9.55. The van der Waals surface area contributed by atoms with Crippen molar-refractivity contribution in [3.63, 3.8) is 0 Å². The van der Waals surface area contributed by atoms with Crippen molar-refractivity contribution >= 4 is 34.2 Å². The zero-order valence-corrected chi connectivity index (χ0v) is 37.1. The summed E-state index contributed by atoms with van der Waals surface area (Å²) in [5.74, 6) is 0.144. The summed E-state index contributed by atoms with van der Waals surface area (Å²) >= 11 is 1.68. The van der Waals surface area contributed by atoms with Crippen LogP contribution in [-0.2, 0) is 16.2 Å². The molecule has 1 fully saturated rings. The van der Waals surface area contributed by atoms with Crippen LogP contribution in [-0.4, -0.2) is 71.7 Å². The first-order valence-corrected chi connectivity index (χ1v) is 23.4. The molecule has 0 bridgehead atoms. The van der Waals surface area contributed by atoms with Crippen molar-refractivity contribution in [1.82, 2.24) is 4.90 Å². The molecule has 2 N–H and O–H groups in total. The molecule has 1 aliphatic heterocycles. The summed E-state index contributed by atoms with van der Waals surface area (Å²) in [6, 6.07) is 37.3. The van der Waals surface area contributed by atoms with Gasteiger partial charge in [-0.3, -0.25) is 4.79 Å². The Balaban J connectivity index is 1.30. The minimum absolute atomic E-state index is 0.0844. The predicted molar refractivity (Wildman–Crippen MR) is 251 cm³/mol. The Kier molecular flexibility index (Phi) is 14.3. The maximum atomic E-state index is 14.9. The van der Waals surface area contributed by atoms with Crippen LogP contribution < -0.4 is 9.47 Å². The van der Waals surface area contributed by atoms with Crippen LogP contribution in [0.1, 0.15) is 72.3 Å². The van der Waals surface area contributed by atoms with E-state index in [-0.39, 0.29) is 50.1 Å². The molecule has 10 heteroatoms.